The molecule has 0 amide bonds. The molecule has 1 aromatic rings. The van der Waals surface area contributed by atoms with Gasteiger partial charge in [0.05, 0.1) is 6.42 Å². The van der Waals surface area contributed by atoms with Gasteiger partial charge in [0.1, 0.15) is 0 Å². The van der Waals surface area contributed by atoms with Crippen LogP contribution >= 0.6 is 0 Å². The van der Waals surface area contributed by atoms with E-state index in [-0.39, 0.29) is 6.42 Å². The molecule has 0 unspecified atom stereocenters. The van der Waals surface area contributed by atoms with Crippen molar-refractivity contribution in [3.63, 3.8) is 0 Å². The maximum atomic E-state index is 10.3. The molecule has 5 nitrogen and oxygen atoms in total. The van der Waals surface area contributed by atoms with E-state index in [0.717, 1.165) is 11.1 Å². The number of amidine groups is 1. The lowest BCUT2D eigenvalue weighted by Crippen LogP contribution is -2.14. The summed E-state index contributed by atoms with van der Waals surface area (Å²) in [6.45, 7) is 1.93. The average molecular weight is 194 g/mol. The van der Waals surface area contributed by atoms with E-state index in [1.165, 1.54) is 0 Å². The van der Waals surface area contributed by atoms with E-state index in [1.807, 2.05) is 19.1 Å². The van der Waals surface area contributed by atoms with Crippen LogP contribution < -0.4 is 0 Å². The van der Waals surface area contributed by atoms with Crippen molar-refractivity contribution in [1.82, 2.24) is 0 Å². The van der Waals surface area contributed by atoms with E-state index in [0.29, 0.717) is 0 Å². The third kappa shape index (κ3) is 2.55. The standard InChI is InChI=1S/C9H10N2O3/c1-7-2-4-8(5-3-7)6-9(10-12)11(13)14/h2-5,12H,6H2,1H3/b10-9-. The first-order valence-corrected chi connectivity index (χ1v) is 4.04. The minimum atomic E-state index is -0.695. The summed E-state index contributed by atoms with van der Waals surface area (Å²) < 4.78 is 0. The second kappa shape index (κ2) is 4.36. The predicted octanol–water partition coefficient (Wildman–Crippen LogP) is 1.60. The lowest BCUT2D eigenvalue weighted by molar-refractivity contribution is -0.354. The third-order valence-electron chi connectivity index (χ3n) is 1.81. The summed E-state index contributed by atoms with van der Waals surface area (Å²) in [7, 11) is 0. The molecule has 0 aliphatic heterocycles. The van der Waals surface area contributed by atoms with Gasteiger partial charge in [-0.05, 0) is 17.4 Å². The fourth-order valence-corrected chi connectivity index (χ4v) is 1.02. The zero-order chi connectivity index (χ0) is 10.6. The molecular weight excluding hydrogens is 184 g/mol. The number of nitrogens with zero attached hydrogens (tertiary/aromatic N) is 2. The zero-order valence-corrected chi connectivity index (χ0v) is 7.67. The molecule has 14 heavy (non-hydrogen) atoms. The second-order valence-electron chi connectivity index (χ2n) is 2.94. The monoisotopic (exact) mass is 194 g/mol. The molecule has 1 aromatic carbocycles. The van der Waals surface area contributed by atoms with Crippen molar-refractivity contribution in [2.24, 2.45) is 5.16 Å². The van der Waals surface area contributed by atoms with Crippen LogP contribution in [0, 0.1) is 17.0 Å². The number of hydrogen-bond acceptors (Lipinski definition) is 4. The minimum Gasteiger partial charge on any atom is -0.358 e. The molecule has 1 N–H and O–H groups in total. The second-order valence-corrected chi connectivity index (χ2v) is 2.94. The lowest BCUT2D eigenvalue weighted by Gasteiger charge is -1.98. The molecule has 5 heteroatoms. The summed E-state index contributed by atoms with van der Waals surface area (Å²) >= 11 is 0. The van der Waals surface area contributed by atoms with E-state index in [4.69, 9.17) is 5.21 Å². The number of benzene rings is 1. The van der Waals surface area contributed by atoms with Gasteiger partial charge in [-0.2, -0.15) is 0 Å². The Labute approximate surface area is 80.8 Å². The van der Waals surface area contributed by atoms with Gasteiger partial charge in [0.15, 0.2) is 5.16 Å². The SMILES string of the molecule is Cc1ccc(C/C(=N/O)[N+](=O)[O-])cc1. The van der Waals surface area contributed by atoms with Crippen LogP contribution in [-0.2, 0) is 6.42 Å². The van der Waals surface area contributed by atoms with Gasteiger partial charge >= 0.3 is 5.84 Å². The largest absolute Gasteiger partial charge is 0.389 e. The van der Waals surface area contributed by atoms with Gasteiger partial charge in [-0.3, -0.25) is 0 Å². The van der Waals surface area contributed by atoms with Crippen molar-refractivity contribution < 1.29 is 10.1 Å². The molecule has 74 valence electrons. The molecule has 1 rings (SSSR count). The maximum Gasteiger partial charge on any atom is 0.389 e. The molecule has 0 spiro atoms. The lowest BCUT2D eigenvalue weighted by atomic mass is 10.1. The fraction of sp³-hybridized carbons (Fsp3) is 0.222. The predicted molar refractivity (Wildman–Crippen MR) is 51.1 cm³/mol. The Morgan fingerprint density at radius 3 is 2.50 bits per heavy atom. The van der Waals surface area contributed by atoms with E-state index in [2.05, 4.69) is 5.16 Å². The molecule has 0 aromatic heterocycles. The van der Waals surface area contributed by atoms with Crippen LogP contribution in [0.5, 0.6) is 0 Å². The normalized spacial score (nSPS) is 11.4. The number of oxime groups is 1. The number of aryl methyl sites for hydroxylation is 1. The van der Waals surface area contributed by atoms with Crippen LogP contribution in [-0.4, -0.2) is 16.0 Å². The first-order valence-electron chi connectivity index (χ1n) is 4.04. The molecule has 0 aliphatic carbocycles. The smallest absolute Gasteiger partial charge is 0.358 e. The highest BCUT2D eigenvalue weighted by atomic mass is 16.6. The van der Waals surface area contributed by atoms with Crippen LogP contribution in [0.4, 0.5) is 0 Å². The van der Waals surface area contributed by atoms with E-state index >= 15 is 0 Å². The fourth-order valence-electron chi connectivity index (χ4n) is 1.02. The van der Waals surface area contributed by atoms with Gasteiger partial charge in [0.25, 0.3) is 0 Å². The van der Waals surface area contributed by atoms with E-state index < -0.39 is 10.8 Å². The zero-order valence-electron chi connectivity index (χ0n) is 7.67. The molecule has 0 heterocycles. The number of nitro groups is 1. The van der Waals surface area contributed by atoms with Crippen molar-refractivity contribution in [2.75, 3.05) is 0 Å². The summed E-state index contributed by atoms with van der Waals surface area (Å²) in [6, 6.07) is 7.24. The topological polar surface area (TPSA) is 75.7 Å². The Bertz CT molecular complexity index is 357. The Hall–Kier alpha value is -1.91. The Kier molecular flexibility index (Phi) is 3.17. The van der Waals surface area contributed by atoms with Gasteiger partial charge in [-0.15, -0.1) is 0 Å². The molecule has 0 atom stereocenters. The highest BCUT2D eigenvalue weighted by Crippen LogP contribution is 2.04. The quantitative estimate of drug-likeness (QED) is 0.255. The van der Waals surface area contributed by atoms with Crippen LogP contribution in [0.3, 0.4) is 0 Å². The molecule has 0 aliphatic rings. The van der Waals surface area contributed by atoms with Gasteiger partial charge in [0, 0.05) is 0 Å². The van der Waals surface area contributed by atoms with Crippen molar-refractivity contribution in [3.8, 4) is 0 Å². The van der Waals surface area contributed by atoms with Crippen molar-refractivity contribution in [3.05, 3.63) is 45.5 Å². The summed E-state index contributed by atoms with van der Waals surface area (Å²) in [4.78, 5) is 9.62. The van der Waals surface area contributed by atoms with Gasteiger partial charge in [-0.25, -0.2) is 0 Å². The van der Waals surface area contributed by atoms with Crippen molar-refractivity contribution in [1.29, 1.82) is 0 Å². The number of rotatable bonds is 2. The molecular formula is C9H10N2O3. The van der Waals surface area contributed by atoms with Crippen molar-refractivity contribution >= 4 is 5.84 Å². The van der Waals surface area contributed by atoms with Crippen LogP contribution in [0.25, 0.3) is 0 Å². The summed E-state index contributed by atoms with van der Waals surface area (Å²) in [5.74, 6) is -0.450. The highest BCUT2D eigenvalue weighted by molar-refractivity contribution is 5.76. The molecule has 0 saturated heterocycles. The maximum absolute atomic E-state index is 10.3. The Morgan fingerprint density at radius 2 is 2.07 bits per heavy atom. The summed E-state index contributed by atoms with van der Waals surface area (Å²) in [6.07, 6.45) is 0.0315. The van der Waals surface area contributed by atoms with Crippen molar-refractivity contribution in [2.45, 2.75) is 13.3 Å². The van der Waals surface area contributed by atoms with E-state index in [9.17, 15) is 10.1 Å². The molecule has 0 fully saturated rings. The number of hydrogen-bond donors (Lipinski definition) is 1. The van der Waals surface area contributed by atoms with E-state index in [1.54, 1.807) is 12.1 Å². The first kappa shape index (κ1) is 10.2. The van der Waals surface area contributed by atoms with Crippen LogP contribution in [0.15, 0.2) is 29.4 Å². The summed E-state index contributed by atoms with van der Waals surface area (Å²) in [5, 5.41) is 21.3. The average Bonchev–Trinajstić information content (AvgIpc) is 2.16. The Balaban J connectivity index is 2.78. The third-order valence-corrected chi connectivity index (χ3v) is 1.81. The van der Waals surface area contributed by atoms with Crippen LogP contribution in [0.1, 0.15) is 11.1 Å². The van der Waals surface area contributed by atoms with Crippen LogP contribution in [0.2, 0.25) is 0 Å². The minimum absolute atomic E-state index is 0.0315. The van der Waals surface area contributed by atoms with Gasteiger partial charge in [-0.1, -0.05) is 29.8 Å². The summed E-state index contributed by atoms with van der Waals surface area (Å²) in [5.41, 5.74) is 1.83. The van der Waals surface area contributed by atoms with Gasteiger partial charge in [0.2, 0.25) is 0 Å². The molecule has 0 radical (unpaired) electrons. The first-order chi connectivity index (χ1) is 6.63. The highest BCUT2D eigenvalue weighted by Gasteiger charge is 2.13. The van der Waals surface area contributed by atoms with Gasteiger partial charge < -0.3 is 15.3 Å². The molecule has 0 bridgehead atoms. The molecule has 0 saturated carbocycles. The Morgan fingerprint density at radius 1 is 1.50 bits per heavy atom.